The average Bonchev–Trinajstić information content (AvgIpc) is 2.39. The average molecular weight is 272 g/mol. The molecule has 2 heteroatoms. The third-order valence-electron chi connectivity index (χ3n) is 2.94. The zero-order valence-corrected chi connectivity index (χ0v) is 12.2. The molecule has 92 valence electrons. The summed E-state index contributed by atoms with van der Waals surface area (Å²) >= 11 is 6.75. The molecule has 0 N–H and O–H groups in total. The van der Waals surface area contributed by atoms with E-state index < -0.39 is 0 Å². The molecule has 1 atom stereocenters. The van der Waals surface area contributed by atoms with Crippen LogP contribution >= 0.6 is 24.0 Å². The maximum absolute atomic E-state index is 5.10. The lowest BCUT2D eigenvalue weighted by molar-refractivity contribution is 0.920. The van der Waals surface area contributed by atoms with Crippen LogP contribution in [0.5, 0.6) is 0 Å². The van der Waals surface area contributed by atoms with Gasteiger partial charge in [0.1, 0.15) is 0 Å². The zero-order chi connectivity index (χ0) is 13.0. The largest absolute Gasteiger partial charge is 0.0831 e. The molecule has 0 aliphatic heterocycles. The van der Waals surface area contributed by atoms with Crippen LogP contribution in [0.4, 0.5) is 0 Å². The van der Waals surface area contributed by atoms with Crippen LogP contribution in [0.25, 0.3) is 0 Å². The van der Waals surface area contributed by atoms with Gasteiger partial charge in [-0.1, -0.05) is 73.4 Å². The standard InChI is InChI=1S/C16H16S2/c1-12(14-6-4-3-5-7-14)15-8-10-16(11-9-15)18-13(2)17/h3-12H,1-2H3. The van der Waals surface area contributed by atoms with Crippen molar-refractivity contribution in [2.75, 3.05) is 0 Å². The minimum absolute atomic E-state index is 0.429. The normalized spacial score (nSPS) is 12.1. The first-order valence-corrected chi connectivity index (χ1v) is 7.22. The van der Waals surface area contributed by atoms with Crippen molar-refractivity contribution in [2.24, 2.45) is 0 Å². The van der Waals surface area contributed by atoms with Gasteiger partial charge in [-0.05, 0) is 30.2 Å². The molecule has 18 heavy (non-hydrogen) atoms. The SMILES string of the molecule is CC(=S)Sc1ccc(C(C)c2ccccc2)cc1. The van der Waals surface area contributed by atoms with Crippen molar-refractivity contribution in [3.8, 4) is 0 Å². The summed E-state index contributed by atoms with van der Waals surface area (Å²) < 4.78 is 0.957. The molecule has 0 saturated carbocycles. The zero-order valence-electron chi connectivity index (χ0n) is 10.6. The highest BCUT2D eigenvalue weighted by Crippen LogP contribution is 2.26. The topological polar surface area (TPSA) is 0 Å². The Bertz CT molecular complexity index is 515. The Morgan fingerprint density at radius 2 is 1.50 bits per heavy atom. The molecule has 0 radical (unpaired) electrons. The molecular weight excluding hydrogens is 256 g/mol. The van der Waals surface area contributed by atoms with E-state index in [1.165, 1.54) is 16.0 Å². The van der Waals surface area contributed by atoms with Crippen LogP contribution in [0.1, 0.15) is 30.9 Å². The molecule has 0 aromatic heterocycles. The fourth-order valence-corrected chi connectivity index (χ4v) is 2.82. The van der Waals surface area contributed by atoms with E-state index in [9.17, 15) is 0 Å². The second-order valence-corrected chi connectivity index (χ2v) is 6.45. The summed E-state index contributed by atoms with van der Waals surface area (Å²) in [5, 5.41) is 0. The molecular formula is C16H16S2. The van der Waals surface area contributed by atoms with Crippen LogP contribution in [0.3, 0.4) is 0 Å². The Morgan fingerprint density at radius 3 is 2.06 bits per heavy atom. The second-order valence-electron chi connectivity index (χ2n) is 4.30. The Labute approximate surface area is 118 Å². The first-order chi connectivity index (χ1) is 8.66. The van der Waals surface area contributed by atoms with Crippen molar-refractivity contribution >= 4 is 28.2 Å². The summed E-state index contributed by atoms with van der Waals surface area (Å²) in [4.78, 5) is 1.21. The van der Waals surface area contributed by atoms with Crippen LogP contribution in [0.15, 0.2) is 59.5 Å². The lowest BCUT2D eigenvalue weighted by Crippen LogP contribution is -1.95. The summed E-state index contributed by atoms with van der Waals surface area (Å²) in [5.74, 6) is 0.429. The van der Waals surface area contributed by atoms with Gasteiger partial charge >= 0.3 is 0 Å². The van der Waals surface area contributed by atoms with Gasteiger partial charge in [-0.3, -0.25) is 0 Å². The smallest absolute Gasteiger partial charge is 0.0496 e. The molecule has 0 nitrogen and oxygen atoms in total. The third kappa shape index (κ3) is 3.44. The van der Waals surface area contributed by atoms with Gasteiger partial charge in [0.2, 0.25) is 0 Å². The van der Waals surface area contributed by atoms with E-state index in [2.05, 4.69) is 61.5 Å². The number of hydrogen-bond acceptors (Lipinski definition) is 2. The first kappa shape index (κ1) is 13.3. The molecule has 0 aliphatic carbocycles. The summed E-state index contributed by atoms with van der Waals surface area (Å²) in [6, 6.07) is 19.3. The number of benzene rings is 2. The fraction of sp³-hybridized carbons (Fsp3) is 0.188. The highest BCUT2D eigenvalue weighted by molar-refractivity contribution is 8.23. The van der Waals surface area contributed by atoms with Gasteiger partial charge in [0.25, 0.3) is 0 Å². The lowest BCUT2D eigenvalue weighted by atomic mass is 9.93. The van der Waals surface area contributed by atoms with Gasteiger partial charge in [0.15, 0.2) is 0 Å². The molecule has 0 heterocycles. The highest BCUT2D eigenvalue weighted by atomic mass is 32.2. The van der Waals surface area contributed by atoms with Crippen molar-refractivity contribution in [2.45, 2.75) is 24.7 Å². The van der Waals surface area contributed by atoms with E-state index in [1.807, 2.05) is 6.92 Å². The van der Waals surface area contributed by atoms with Crippen LogP contribution in [0, 0.1) is 0 Å². The molecule has 0 amide bonds. The molecule has 0 fully saturated rings. The second kappa shape index (κ2) is 6.17. The van der Waals surface area contributed by atoms with Crippen molar-refractivity contribution in [1.29, 1.82) is 0 Å². The van der Waals surface area contributed by atoms with Gasteiger partial charge in [0.05, 0.1) is 0 Å². The van der Waals surface area contributed by atoms with E-state index >= 15 is 0 Å². The third-order valence-corrected chi connectivity index (χ3v) is 3.99. The van der Waals surface area contributed by atoms with Crippen LogP contribution in [-0.2, 0) is 0 Å². The van der Waals surface area contributed by atoms with Crippen molar-refractivity contribution in [3.05, 3.63) is 65.7 Å². The number of thiocarbonyl (C=S) groups is 1. The molecule has 0 spiro atoms. The van der Waals surface area contributed by atoms with Crippen LogP contribution in [-0.4, -0.2) is 4.20 Å². The first-order valence-electron chi connectivity index (χ1n) is 6.00. The van der Waals surface area contributed by atoms with Crippen molar-refractivity contribution < 1.29 is 0 Å². The van der Waals surface area contributed by atoms with E-state index in [0.717, 1.165) is 4.20 Å². The quantitative estimate of drug-likeness (QED) is 0.551. The summed E-state index contributed by atoms with van der Waals surface area (Å²) in [6.07, 6.45) is 0. The van der Waals surface area contributed by atoms with E-state index in [0.29, 0.717) is 5.92 Å². The van der Waals surface area contributed by atoms with E-state index in [1.54, 1.807) is 11.8 Å². The Morgan fingerprint density at radius 1 is 0.944 bits per heavy atom. The van der Waals surface area contributed by atoms with Crippen molar-refractivity contribution in [1.82, 2.24) is 0 Å². The summed E-state index contributed by atoms with van der Waals surface area (Å²) in [6.45, 7) is 4.20. The number of thioether (sulfide) groups is 1. The maximum Gasteiger partial charge on any atom is 0.0496 e. The van der Waals surface area contributed by atoms with Gasteiger partial charge in [-0.2, -0.15) is 0 Å². The molecule has 2 aromatic rings. The number of rotatable bonds is 3. The fourth-order valence-electron chi connectivity index (χ4n) is 1.92. The highest BCUT2D eigenvalue weighted by Gasteiger charge is 2.07. The van der Waals surface area contributed by atoms with Gasteiger partial charge in [-0.25, -0.2) is 0 Å². The predicted octanol–water partition coefficient (Wildman–Crippen LogP) is 5.28. The molecule has 2 rings (SSSR count). The predicted molar refractivity (Wildman–Crippen MR) is 84.5 cm³/mol. The Kier molecular flexibility index (Phi) is 4.56. The van der Waals surface area contributed by atoms with Crippen LogP contribution in [0.2, 0.25) is 0 Å². The number of hydrogen-bond donors (Lipinski definition) is 0. The van der Waals surface area contributed by atoms with Crippen LogP contribution < -0.4 is 0 Å². The maximum atomic E-state index is 5.10. The molecule has 0 bridgehead atoms. The monoisotopic (exact) mass is 272 g/mol. The molecule has 0 saturated heterocycles. The van der Waals surface area contributed by atoms with Gasteiger partial charge < -0.3 is 0 Å². The minimum Gasteiger partial charge on any atom is -0.0831 e. The summed E-state index contributed by atoms with van der Waals surface area (Å²) in [7, 11) is 0. The Balaban J connectivity index is 2.17. The summed E-state index contributed by atoms with van der Waals surface area (Å²) in [5.41, 5.74) is 2.69. The van der Waals surface area contributed by atoms with Gasteiger partial charge in [0, 0.05) is 15.0 Å². The minimum atomic E-state index is 0.429. The van der Waals surface area contributed by atoms with Crippen molar-refractivity contribution in [3.63, 3.8) is 0 Å². The van der Waals surface area contributed by atoms with Gasteiger partial charge in [-0.15, -0.1) is 0 Å². The Hall–Kier alpha value is -1.12. The molecule has 1 unspecified atom stereocenters. The molecule has 0 aliphatic rings. The lowest BCUT2D eigenvalue weighted by Gasteiger charge is -2.12. The molecule has 2 aromatic carbocycles. The van der Waals surface area contributed by atoms with E-state index in [-0.39, 0.29) is 0 Å². The van der Waals surface area contributed by atoms with E-state index in [4.69, 9.17) is 12.2 Å².